The third kappa shape index (κ3) is 5.99. The van der Waals surface area contributed by atoms with E-state index in [0.29, 0.717) is 45.9 Å². The van der Waals surface area contributed by atoms with Crippen LogP contribution in [0.5, 0.6) is 11.5 Å². The second-order valence-electron chi connectivity index (χ2n) is 6.25. The number of hydrazone groups is 1. The Morgan fingerprint density at radius 2 is 1.83 bits per heavy atom. The lowest BCUT2D eigenvalue weighted by Gasteiger charge is -2.14. The number of carbonyl (C=O) groups excluding carboxylic acids is 1. The minimum Gasteiger partial charge on any atom is -0.490 e. The third-order valence-corrected chi connectivity index (χ3v) is 4.54. The van der Waals surface area contributed by atoms with Gasteiger partial charge in [-0.2, -0.15) is 5.10 Å². The standard InChI is InChI=1S/C23H20Cl2N2O3/c1-2-29-21-12-17(14-26-27-23(28)18-9-6-10-19(24)13-18)11-20(25)22(21)30-15-16-7-4-3-5-8-16/h3-14H,2,15H2,1H3,(H,27,28)/b26-14-. The zero-order valence-corrected chi connectivity index (χ0v) is 17.8. The fourth-order valence-electron chi connectivity index (χ4n) is 2.65. The molecule has 3 aromatic rings. The molecule has 0 aliphatic heterocycles. The molecule has 0 heterocycles. The van der Waals surface area contributed by atoms with Crippen LogP contribution in [0.3, 0.4) is 0 Å². The highest BCUT2D eigenvalue weighted by molar-refractivity contribution is 6.32. The van der Waals surface area contributed by atoms with Crippen molar-refractivity contribution in [2.45, 2.75) is 13.5 Å². The lowest BCUT2D eigenvalue weighted by molar-refractivity contribution is 0.0955. The van der Waals surface area contributed by atoms with Crippen LogP contribution in [0.2, 0.25) is 10.0 Å². The summed E-state index contributed by atoms with van der Waals surface area (Å²) in [5.74, 6) is 0.596. The summed E-state index contributed by atoms with van der Waals surface area (Å²) in [5.41, 5.74) is 4.55. The first-order valence-electron chi connectivity index (χ1n) is 9.29. The first kappa shape index (κ1) is 21.7. The van der Waals surface area contributed by atoms with E-state index in [1.54, 1.807) is 36.4 Å². The summed E-state index contributed by atoms with van der Waals surface area (Å²) < 4.78 is 11.6. The van der Waals surface area contributed by atoms with E-state index in [1.807, 2.05) is 37.3 Å². The first-order valence-corrected chi connectivity index (χ1v) is 10.0. The molecule has 0 radical (unpaired) electrons. The molecule has 0 spiro atoms. The molecule has 0 bridgehead atoms. The number of hydrogen-bond donors (Lipinski definition) is 1. The van der Waals surface area contributed by atoms with E-state index in [-0.39, 0.29) is 5.91 Å². The maximum absolute atomic E-state index is 12.1. The summed E-state index contributed by atoms with van der Waals surface area (Å²) in [6, 6.07) is 19.8. The van der Waals surface area contributed by atoms with Gasteiger partial charge in [0.1, 0.15) is 6.61 Å². The molecule has 1 N–H and O–H groups in total. The van der Waals surface area contributed by atoms with Gasteiger partial charge >= 0.3 is 0 Å². The van der Waals surface area contributed by atoms with Crippen molar-refractivity contribution in [1.82, 2.24) is 5.43 Å². The van der Waals surface area contributed by atoms with Crippen LogP contribution in [0.25, 0.3) is 0 Å². The fourth-order valence-corrected chi connectivity index (χ4v) is 3.12. The fraction of sp³-hybridized carbons (Fsp3) is 0.130. The SMILES string of the molecule is CCOc1cc(/C=N\NC(=O)c2cccc(Cl)c2)cc(Cl)c1OCc1ccccc1. The largest absolute Gasteiger partial charge is 0.490 e. The molecular weight excluding hydrogens is 423 g/mol. The highest BCUT2D eigenvalue weighted by Crippen LogP contribution is 2.37. The van der Waals surface area contributed by atoms with Gasteiger partial charge in [-0.15, -0.1) is 0 Å². The van der Waals surface area contributed by atoms with Gasteiger partial charge in [0.05, 0.1) is 17.8 Å². The Labute approximate surface area is 185 Å². The first-order chi connectivity index (χ1) is 14.6. The number of ether oxygens (including phenoxy) is 2. The van der Waals surface area contributed by atoms with Gasteiger partial charge in [0.15, 0.2) is 11.5 Å². The quantitative estimate of drug-likeness (QED) is 0.357. The number of rotatable bonds is 8. The molecular formula is C23H20Cl2N2O3. The van der Waals surface area contributed by atoms with Crippen LogP contribution in [-0.2, 0) is 6.61 Å². The maximum atomic E-state index is 12.1. The number of halogens is 2. The van der Waals surface area contributed by atoms with Crippen molar-refractivity contribution >= 4 is 35.3 Å². The molecule has 0 saturated carbocycles. The van der Waals surface area contributed by atoms with Crippen molar-refractivity contribution < 1.29 is 14.3 Å². The highest BCUT2D eigenvalue weighted by Gasteiger charge is 2.13. The molecule has 7 heteroatoms. The van der Waals surface area contributed by atoms with E-state index in [1.165, 1.54) is 6.21 Å². The Kier molecular flexibility index (Phi) is 7.71. The Morgan fingerprint density at radius 1 is 1.03 bits per heavy atom. The zero-order valence-electron chi connectivity index (χ0n) is 16.3. The topological polar surface area (TPSA) is 59.9 Å². The lowest BCUT2D eigenvalue weighted by atomic mass is 10.2. The van der Waals surface area contributed by atoms with Crippen molar-refractivity contribution in [3.05, 3.63) is 93.5 Å². The number of nitrogens with zero attached hydrogens (tertiary/aromatic N) is 1. The number of hydrogen-bond acceptors (Lipinski definition) is 4. The molecule has 154 valence electrons. The molecule has 3 rings (SSSR count). The van der Waals surface area contributed by atoms with E-state index in [4.69, 9.17) is 32.7 Å². The smallest absolute Gasteiger partial charge is 0.271 e. The monoisotopic (exact) mass is 442 g/mol. The van der Waals surface area contributed by atoms with Gasteiger partial charge in [-0.05, 0) is 48.4 Å². The van der Waals surface area contributed by atoms with Crippen molar-refractivity contribution in [3.63, 3.8) is 0 Å². The molecule has 5 nitrogen and oxygen atoms in total. The van der Waals surface area contributed by atoms with Crippen molar-refractivity contribution in [2.24, 2.45) is 5.10 Å². The molecule has 0 fully saturated rings. The van der Waals surface area contributed by atoms with Crippen LogP contribution in [0, 0.1) is 0 Å². The van der Waals surface area contributed by atoms with Gasteiger partial charge in [0.25, 0.3) is 5.91 Å². The summed E-state index contributed by atoms with van der Waals surface area (Å²) in [7, 11) is 0. The van der Waals surface area contributed by atoms with Crippen LogP contribution in [0.15, 0.2) is 71.8 Å². The minimum absolute atomic E-state index is 0.365. The second kappa shape index (κ2) is 10.7. The maximum Gasteiger partial charge on any atom is 0.271 e. The van der Waals surface area contributed by atoms with E-state index >= 15 is 0 Å². The predicted octanol–water partition coefficient (Wildman–Crippen LogP) is 5.74. The summed E-state index contributed by atoms with van der Waals surface area (Å²) in [6.45, 7) is 2.69. The Hall–Kier alpha value is -3.02. The molecule has 1 amide bonds. The molecule has 0 aromatic heterocycles. The Balaban J connectivity index is 1.72. The zero-order chi connectivity index (χ0) is 21.3. The highest BCUT2D eigenvalue weighted by atomic mass is 35.5. The molecule has 0 atom stereocenters. The molecule has 30 heavy (non-hydrogen) atoms. The molecule has 0 aliphatic rings. The van der Waals surface area contributed by atoms with E-state index < -0.39 is 0 Å². The van der Waals surface area contributed by atoms with Crippen molar-refractivity contribution in [1.29, 1.82) is 0 Å². The average molecular weight is 443 g/mol. The van der Waals surface area contributed by atoms with Crippen LogP contribution < -0.4 is 14.9 Å². The van der Waals surface area contributed by atoms with Gasteiger partial charge in [0.2, 0.25) is 0 Å². The molecule has 0 saturated heterocycles. The average Bonchev–Trinajstić information content (AvgIpc) is 2.74. The minimum atomic E-state index is -0.368. The molecule has 3 aromatic carbocycles. The van der Waals surface area contributed by atoms with E-state index in [0.717, 1.165) is 5.56 Å². The van der Waals surface area contributed by atoms with Crippen molar-refractivity contribution in [2.75, 3.05) is 6.61 Å². The number of carbonyl (C=O) groups is 1. The summed E-state index contributed by atoms with van der Waals surface area (Å²) in [6.07, 6.45) is 1.48. The van der Waals surface area contributed by atoms with Gasteiger partial charge in [0, 0.05) is 10.6 Å². The Morgan fingerprint density at radius 3 is 2.57 bits per heavy atom. The van der Waals surface area contributed by atoms with Gasteiger partial charge < -0.3 is 9.47 Å². The number of amides is 1. The summed E-state index contributed by atoms with van der Waals surface area (Å²) in [4.78, 5) is 12.1. The van der Waals surface area contributed by atoms with Crippen molar-refractivity contribution in [3.8, 4) is 11.5 Å². The van der Waals surface area contributed by atoms with E-state index in [9.17, 15) is 4.79 Å². The summed E-state index contributed by atoms with van der Waals surface area (Å²) >= 11 is 12.3. The summed E-state index contributed by atoms with van der Waals surface area (Å²) in [5, 5.41) is 4.86. The van der Waals surface area contributed by atoms with Gasteiger partial charge in [-0.25, -0.2) is 5.43 Å². The predicted molar refractivity (Wildman–Crippen MR) is 120 cm³/mol. The third-order valence-electron chi connectivity index (χ3n) is 4.02. The number of nitrogens with one attached hydrogen (secondary N) is 1. The van der Waals surface area contributed by atoms with Crippen LogP contribution in [-0.4, -0.2) is 18.7 Å². The number of benzene rings is 3. The van der Waals surface area contributed by atoms with Gasteiger partial charge in [-0.3, -0.25) is 4.79 Å². The van der Waals surface area contributed by atoms with Crippen LogP contribution in [0.4, 0.5) is 0 Å². The van der Waals surface area contributed by atoms with Crippen LogP contribution in [0.1, 0.15) is 28.4 Å². The lowest BCUT2D eigenvalue weighted by Crippen LogP contribution is -2.17. The van der Waals surface area contributed by atoms with E-state index in [2.05, 4.69) is 10.5 Å². The normalized spacial score (nSPS) is 10.8. The Bertz CT molecular complexity index is 1040. The van der Waals surface area contributed by atoms with Crippen LogP contribution >= 0.6 is 23.2 Å². The molecule has 0 unspecified atom stereocenters. The molecule has 0 aliphatic carbocycles. The second-order valence-corrected chi connectivity index (χ2v) is 7.09. The van der Waals surface area contributed by atoms with Gasteiger partial charge in [-0.1, -0.05) is 59.6 Å².